The van der Waals surface area contributed by atoms with Crippen LogP contribution in [0.4, 0.5) is 0 Å². The van der Waals surface area contributed by atoms with Gasteiger partial charge in [-0.15, -0.1) is 0 Å². The summed E-state index contributed by atoms with van der Waals surface area (Å²) in [5.41, 5.74) is 2.02. The number of benzene rings is 2. The standard InChI is InChI=1S/C17H18BrNO3S/c1-12-8-15(6-7-16(12)18)23(20,21)19-10-13-9-14-4-2-3-5-17(14)22-11-13/h2-8,13,19H,9-11H2,1H3. The average Bonchev–Trinajstić information content (AvgIpc) is 2.55. The van der Waals surface area contributed by atoms with Gasteiger partial charge in [-0.2, -0.15) is 0 Å². The minimum absolute atomic E-state index is 0.135. The molecule has 1 heterocycles. The monoisotopic (exact) mass is 395 g/mol. The summed E-state index contributed by atoms with van der Waals surface area (Å²) in [5.74, 6) is 1.03. The summed E-state index contributed by atoms with van der Waals surface area (Å²) in [6.45, 7) is 2.76. The van der Waals surface area contributed by atoms with Crippen LogP contribution in [0, 0.1) is 12.8 Å². The molecule has 0 aromatic heterocycles. The normalized spacial score (nSPS) is 17.4. The molecule has 2 aromatic rings. The molecule has 0 spiro atoms. The van der Waals surface area contributed by atoms with E-state index in [1.165, 1.54) is 0 Å². The van der Waals surface area contributed by atoms with Gasteiger partial charge in [-0.3, -0.25) is 0 Å². The maximum atomic E-state index is 12.4. The van der Waals surface area contributed by atoms with E-state index in [4.69, 9.17) is 4.74 Å². The third-order valence-electron chi connectivity index (χ3n) is 3.96. The highest BCUT2D eigenvalue weighted by molar-refractivity contribution is 9.10. The third-order valence-corrected chi connectivity index (χ3v) is 6.27. The molecule has 0 fully saturated rings. The molecule has 1 unspecified atom stereocenters. The van der Waals surface area contributed by atoms with Crippen LogP contribution in [0.5, 0.6) is 5.75 Å². The molecule has 0 amide bonds. The quantitative estimate of drug-likeness (QED) is 0.863. The van der Waals surface area contributed by atoms with Crippen LogP contribution in [0.15, 0.2) is 51.8 Å². The first kappa shape index (κ1) is 16.5. The van der Waals surface area contributed by atoms with E-state index in [9.17, 15) is 8.42 Å². The van der Waals surface area contributed by atoms with Gasteiger partial charge < -0.3 is 4.74 Å². The summed E-state index contributed by atoms with van der Waals surface area (Å²) in [6, 6.07) is 12.9. The minimum atomic E-state index is -3.50. The summed E-state index contributed by atoms with van der Waals surface area (Å²) < 4.78 is 34.1. The van der Waals surface area contributed by atoms with Gasteiger partial charge in [0.2, 0.25) is 10.0 Å². The second kappa shape index (κ2) is 6.63. The lowest BCUT2D eigenvalue weighted by atomic mass is 9.97. The summed E-state index contributed by atoms with van der Waals surface area (Å²) in [5, 5.41) is 0. The Bertz CT molecular complexity index is 820. The Hall–Kier alpha value is -1.37. The Morgan fingerprint density at radius 1 is 1.26 bits per heavy atom. The number of hydrogen-bond acceptors (Lipinski definition) is 3. The van der Waals surface area contributed by atoms with Gasteiger partial charge in [-0.25, -0.2) is 13.1 Å². The molecule has 1 aliphatic heterocycles. The number of para-hydroxylation sites is 1. The molecule has 1 atom stereocenters. The zero-order valence-electron chi connectivity index (χ0n) is 12.8. The van der Waals surface area contributed by atoms with E-state index in [2.05, 4.69) is 20.7 Å². The van der Waals surface area contributed by atoms with Gasteiger partial charge in [0.05, 0.1) is 11.5 Å². The van der Waals surface area contributed by atoms with Crippen molar-refractivity contribution in [3.63, 3.8) is 0 Å². The molecular weight excluding hydrogens is 378 g/mol. The molecule has 4 nitrogen and oxygen atoms in total. The highest BCUT2D eigenvalue weighted by Crippen LogP contribution is 2.27. The Balaban J connectivity index is 1.67. The fourth-order valence-electron chi connectivity index (χ4n) is 2.62. The molecule has 0 saturated carbocycles. The molecule has 122 valence electrons. The first-order chi connectivity index (χ1) is 11.0. The van der Waals surface area contributed by atoms with Gasteiger partial charge in [0.25, 0.3) is 0 Å². The summed E-state index contributed by atoms with van der Waals surface area (Å²) in [6.07, 6.45) is 0.818. The van der Waals surface area contributed by atoms with Crippen molar-refractivity contribution in [3.05, 3.63) is 58.1 Å². The Morgan fingerprint density at radius 3 is 2.83 bits per heavy atom. The topological polar surface area (TPSA) is 55.4 Å². The van der Waals surface area contributed by atoms with Crippen LogP contribution in [0.2, 0.25) is 0 Å². The van der Waals surface area contributed by atoms with Crippen molar-refractivity contribution < 1.29 is 13.2 Å². The van der Waals surface area contributed by atoms with Crippen molar-refractivity contribution in [1.29, 1.82) is 0 Å². The van der Waals surface area contributed by atoms with Crippen LogP contribution in [-0.4, -0.2) is 21.6 Å². The van der Waals surface area contributed by atoms with E-state index >= 15 is 0 Å². The van der Waals surface area contributed by atoms with Gasteiger partial charge in [0.1, 0.15) is 5.75 Å². The number of halogens is 1. The van der Waals surface area contributed by atoms with E-state index in [0.29, 0.717) is 13.2 Å². The molecule has 2 aromatic carbocycles. The zero-order chi connectivity index (χ0) is 16.4. The lowest BCUT2D eigenvalue weighted by Gasteiger charge is -2.25. The van der Waals surface area contributed by atoms with Crippen LogP contribution in [0.3, 0.4) is 0 Å². The summed E-state index contributed by atoms with van der Waals surface area (Å²) in [7, 11) is -3.50. The van der Waals surface area contributed by atoms with Gasteiger partial charge in [-0.05, 0) is 48.7 Å². The number of aryl methyl sites for hydroxylation is 1. The first-order valence-corrected chi connectivity index (χ1v) is 9.70. The van der Waals surface area contributed by atoms with Crippen molar-refractivity contribution in [2.24, 2.45) is 5.92 Å². The number of hydrogen-bond donors (Lipinski definition) is 1. The fraction of sp³-hybridized carbons (Fsp3) is 0.294. The maximum Gasteiger partial charge on any atom is 0.240 e. The van der Waals surface area contributed by atoms with Crippen molar-refractivity contribution in [2.75, 3.05) is 13.2 Å². The van der Waals surface area contributed by atoms with Crippen LogP contribution >= 0.6 is 15.9 Å². The van der Waals surface area contributed by atoms with E-state index < -0.39 is 10.0 Å². The zero-order valence-corrected chi connectivity index (χ0v) is 15.2. The Labute approximate surface area is 145 Å². The van der Waals surface area contributed by atoms with E-state index in [1.54, 1.807) is 18.2 Å². The lowest BCUT2D eigenvalue weighted by Crippen LogP contribution is -2.34. The number of ether oxygens (including phenoxy) is 1. The molecule has 1 aliphatic rings. The Kier molecular flexibility index (Phi) is 4.75. The molecular formula is C17H18BrNO3S. The lowest BCUT2D eigenvalue weighted by molar-refractivity contribution is 0.223. The molecule has 0 bridgehead atoms. The molecule has 1 N–H and O–H groups in total. The number of nitrogens with one attached hydrogen (secondary N) is 1. The highest BCUT2D eigenvalue weighted by Gasteiger charge is 2.22. The molecule has 23 heavy (non-hydrogen) atoms. The molecule has 6 heteroatoms. The molecule has 0 radical (unpaired) electrons. The van der Waals surface area contributed by atoms with Crippen LogP contribution in [0.25, 0.3) is 0 Å². The SMILES string of the molecule is Cc1cc(S(=O)(=O)NCC2COc3ccccc3C2)ccc1Br. The van der Waals surface area contributed by atoms with Gasteiger partial charge in [0, 0.05) is 16.9 Å². The number of rotatable bonds is 4. The molecule has 3 rings (SSSR count). The third kappa shape index (κ3) is 3.76. The second-order valence-electron chi connectivity index (χ2n) is 5.75. The maximum absolute atomic E-state index is 12.4. The smallest absolute Gasteiger partial charge is 0.240 e. The van der Waals surface area contributed by atoms with E-state index in [1.807, 2.05) is 31.2 Å². The van der Waals surface area contributed by atoms with E-state index in [0.717, 1.165) is 27.8 Å². The minimum Gasteiger partial charge on any atom is -0.493 e. The van der Waals surface area contributed by atoms with Gasteiger partial charge in [0.15, 0.2) is 0 Å². The van der Waals surface area contributed by atoms with Crippen LogP contribution in [0.1, 0.15) is 11.1 Å². The van der Waals surface area contributed by atoms with Gasteiger partial charge in [-0.1, -0.05) is 34.1 Å². The average molecular weight is 396 g/mol. The molecule has 0 saturated heterocycles. The van der Waals surface area contributed by atoms with E-state index in [-0.39, 0.29) is 10.8 Å². The summed E-state index contributed by atoms with van der Waals surface area (Å²) in [4.78, 5) is 0.287. The predicted octanol–water partition coefficient (Wildman–Crippen LogP) is 3.29. The van der Waals surface area contributed by atoms with Gasteiger partial charge >= 0.3 is 0 Å². The number of fused-ring (bicyclic) bond motifs is 1. The van der Waals surface area contributed by atoms with Crippen molar-refractivity contribution in [2.45, 2.75) is 18.2 Å². The molecule has 0 aliphatic carbocycles. The largest absolute Gasteiger partial charge is 0.493 e. The van der Waals surface area contributed by atoms with Crippen LogP contribution in [-0.2, 0) is 16.4 Å². The Morgan fingerprint density at radius 2 is 2.04 bits per heavy atom. The number of sulfonamides is 1. The predicted molar refractivity (Wildman–Crippen MR) is 93.2 cm³/mol. The van der Waals surface area contributed by atoms with Crippen molar-refractivity contribution >= 4 is 26.0 Å². The highest BCUT2D eigenvalue weighted by atomic mass is 79.9. The van der Waals surface area contributed by atoms with Crippen molar-refractivity contribution in [1.82, 2.24) is 4.72 Å². The first-order valence-electron chi connectivity index (χ1n) is 7.42. The van der Waals surface area contributed by atoms with Crippen LogP contribution < -0.4 is 9.46 Å². The summed E-state index contributed by atoms with van der Waals surface area (Å²) >= 11 is 3.38. The fourth-order valence-corrected chi connectivity index (χ4v) is 4.06. The second-order valence-corrected chi connectivity index (χ2v) is 8.37. The van der Waals surface area contributed by atoms with Crippen molar-refractivity contribution in [3.8, 4) is 5.75 Å².